The maximum Gasteiger partial charge on any atom is 0.123 e. The molecule has 0 atom stereocenters. The van der Waals surface area contributed by atoms with Gasteiger partial charge in [0.25, 0.3) is 0 Å². The second-order valence-electron chi connectivity index (χ2n) is 11.3. The van der Waals surface area contributed by atoms with Crippen LogP contribution in [0, 0.1) is 11.6 Å². The molecule has 0 radical (unpaired) electrons. The topological polar surface area (TPSA) is 50.9 Å². The van der Waals surface area contributed by atoms with Crippen LogP contribution in [0.4, 0.5) is 8.78 Å². The minimum atomic E-state index is -0.217. The first-order valence-electron chi connectivity index (χ1n) is 12.6. The van der Waals surface area contributed by atoms with E-state index < -0.39 is 0 Å². The Morgan fingerprint density at radius 2 is 1.22 bits per heavy atom. The Labute approximate surface area is 217 Å². The van der Waals surface area contributed by atoms with Crippen molar-refractivity contribution in [2.24, 2.45) is 0 Å². The van der Waals surface area contributed by atoms with Gasteiger partial charge in [-0.05, 0) is 83.3 Å². The molecular formula is C29H34F2N6. The number of nitrogens with one attached hydrogen (secondary N) is 1. The van der Waals surface area contributed by atoms with Crippen LogP contribution in [0.15, 0.2) is 60.9 Å². The van der Waals surface area contributed by atoms with Gasteiger partial charge in [-0.2, -0.15) is 0 Å². The van der Waals surface area contributed by atoms with E-state index in [1.165, 1.54) is 24.3 Å². The summed E-state index contributed by atoms with van der Waals surface area (Å²) in [5.74, 6) is 1.67. The molecule has 37 heavy (non-hydrogen) atoms. The molecule has 0 saturated heterocycles. The molecule has 0 spiro atoms. The average molecular weight is 505 g/mol. The molecule has 6 rings (SSSR count). The highest BCUT2D eigenvalue weighted by Crippen LogP contribution is 2.28. The normalized spacial score (nSPS) is 17.9. The van der Waals surface area contributed by atoms with Gasteiger partial charge in [0.15, 0.2) is 0 Å². The van der Waals surface area contributed by atoms with E-state index in [0.29, 0.717) is 0 Å². The SMILES string of the molecule is CC1(C)Cn2cc(-c3ccc(F)cc3)nc2CN1.CN1Cc2nc(-c3ccc(F)cc3)cn2CC1(C)C. The summed E-state index contributed by atoms with van der Waals surface area (Å²) in [6.07, 6.45) is 4.11. The highest BCUT2D eigenvalue weighted by atomic mass is 19.1. The van der Waals surface area contributed by atoms with E-state index in [9.17, 15) is 8.78 Å². The van der Waals surface area contributed by atoms with E-state index in [-0.39, 0.29) is 22.7 Å². The molecule has 2 aliphatic heterocycles. The molecule has 0 saturated carbocycles. The van der Waals surface area contributed by atoms with Gasteiger partial charge in [-0.15, -0.1) is 0 Å². The summed E-state index contributed by atoms with van der Waals surface area (Å²) < 4.78 is 30.2. The van der Waals surface area contributed by atoms with E-state index in [1.807, 2.05) is 6.20 Å². The summed E-state index contributed by atoms with van der Waals surface area (Å²) in [5.41, 5.74) is 3.96. The minimum Gasteiger partial charge on any atom is -0.331 e. The van der Waals surface area contributed by atoms with Crippen molar-refractivity contribution in [3.63, 3.8) is 0 Å². The molecule has 0 unspecified atom stereocenters. The fourth-order valence-electron chi connectivity index (χ4n) is 4.73. The Morgan fingerprint density at radius 1 is 0.730 bits per heavy atom. The van der Waals surface area contributed by atoms with Gasteiger partial charge in [-0.1, -0.05) is 0 Å². The molecule has 0 amide bonds. The third kappa shape index (κ3) is 5.50. The smallest absolute Gasteiger partial charge is 0.123 e. The van der Waals surface area contributed by atoms with Crippen molar-refractivity contribution in [2.75, 3.05) is 7.05 Å². The lowest BCUT2D eigenvalue weighted by Crippen LogP contribution is -2.48. The second-order valence-corrected chi connectivity index (χ2v) is 11.3. The number of halogens is 2. The first-order chi connectivity index (χ1) is 17.5. The quantitative estimate of drug-likeness (QED) is 0.393. The van der Waals surface area contributed by atoms with Crippen molar-refractivity contribution in [3.8, 4) is 22.5 Å². The number of rotatable bonds is 2. The van der Waals surface area contributed by atoms with Gasteiger partial charge in [0.2, 0.25) is 0 Å². The Bertz CT molecular complexity index is 1380. The standard InChI is InChI=1S/C15H18FN3.C14H16FN3/c1-15(2)10-19-8-13(17-14(19)9-18(15)3)11-4-6-12(16)7-5-11;1-14(2)9-18-8-12(17-13(18)7-16-14)10-3-5-11(15)6-4-10/h4-8H,9-10H2,1-3H3;3-6,8,16H,7,9H2,1-2H3. The summed E-state index contributed by atoms with van der Waals surface area (Å²) in [5, 5.41) is 3.45. The van der Waals surface area contributed by atoms with Gasteiger partial charge in [0.1, 0.15) is 23.3 Å². The molecule has 1 N–H and O–H groups in total. The van der Waals surface area contributed by atoms with Crippen LogP contribution in [0.25, 0.3) is 22.5 Å². The molecule has 4 heterocycles. The van der Waals surface area contributed by atoms with Crippen LogP contribution in [-0.4, -0.2) is 42.1 Å². The Morgan fingerprint density at radius 3 is 1.76 bits per heavy atom. The number of nitrogens with zero attached hydrogens (tertiary/aromatic N) is 5. The fourth-order valence-corrected chi connectivity index (χ4v) is 4.73. The third-order valence-corrected chi connectivity index (χ3v) is 7.26. The maximum atomic E-state index is 12.9. The summed E-state index contributed by atoms with van der Waals surface area (Å²) >= 11 is 0. The Balaban J connectivity index is 0.000000152. The lowest BCUT2D eigenvalue weighted by atomic mass is 10.0. The Hall–Kier alpha value is -3.36. The van der Waals surface area contributed by atoms with Crippen LogP contribution in [0.3, 0.4) is 0 Å². The molecule has 4 aromatic rings. The maximum absolute atomic E-state index is 12.9. The third-order valence-electron chi connectivity index (χ3n) is 7.26. The van der Waals surface area contributed by atoms with Gasteiger partial charge in [-0.3, -0.25) is 4.90 Å². The average Bonchev–Trinajstić information content (AvgIpc) is 3.43. The minimum absolute atomic E-state index is 0.0910. The molecule has 0 bridgehead atoms. The van der Waals surface area contributed by atoms with Gasteiger partial charge < -0.3 is 14.5 Å². The molecular weight excluding hydrogens is 470 g/mol. The predicted molar refractivity (Wildman–Crippen MR) is 142 cm³/mol. The van der Waals surface area contributed by atoms with Crippen LogP contribution >= 0.6 is 0 Å². The zero-order valence-corrected chi connectivity index (χ0v) is 22.1. The zero-order chi connectivity index (χ0) is 26.4. The number of imidazole rings is 2. The van der Waals surface area contributed by atoms with Crippen LogP contribution in [0.1, 0.15) is 39.3 Å². The molecule has 6 nitrogen and oxygen atoms in total. The highest BCUT2D eigenvalue weighted by molar-refractivity contribution is 5.59. The summed E-state index contributed by atoms with van der Waals surface area (Å²) in [7, 11) is 2.12. The second kappa shape index (κ2) is 9.50. The molecule has 194 valence electrons. The Kier molecular flexibility index (Phi) is 6.50. The summed E-state index contributed by atoms with van der Waals surface area (Å²) in [6, 6.07) is 13.0. The number of aromatic nitrogens is 4. The van der Waals surface area contributed by atoms with Crippen LogP contribution in [0.5, 0.6) is 0 Å². The fraction of sp³-hybridized carbons (Fsp3) is 0.379. The number of fused-ring (bicyclic) bond motifs is 2. The van der Waals surface area contributed by atoms with Gasteiger partial charge in [0, 0.05) is 47.7 Å². The summed E-state index contributed by atoms with van der Waals surface area (Å²) in [4.78, 5) is 11.6. The van der Waals surface area contributed by atoms with Crippen molar-refractivity contribution in [1.82, 2.24) is 29.3 Å². The van der Waals surface area contributed by atoms with Gasteiger partial charge in [0.05, 0.1) is 24.5 Å². The van der Waals surface area contributed by atoms with E-state index in [4.69, 9.17) is 0 Å². The van der Waals surface area contributed by atoms with Gasteiger partial charge in [-0.25, -0.2) is 18.7 Å². The first kappa shape index (κ1) is 25.3. The highest BCUT2D eigenvalue weighted by Gasteiger charge is 2.31. The van der Waals surface area contributed by atoms with Crippen molar-refractivity contribution in [1.29, 1.82) is 0 Å². The number of hydrogen-bond acceptors (Lipinski definition) is 4. The molecule has 0 aliphatic carbocycles. The van der Waals surface area contributed by atoms with Crippen molar-refractivity contribution < 1.29 is 8.78 Å². The van der Waals surface area contributed by atoms with E-state index in [1.54, 1.807) is 24.3 Å². The van der Waals surface area contributed by atoms with E-state index in [0.717, 1.165) is 60.3 Å². The lowest BCUT2D eigenvalue weighted by molar-refractivity contribution is 0.0958. The molecule has 2 aliphatic rings. The van der Waals surface area contributed by atoms with E-state index >= 15 is 0 Å². The number of benzene rings is 2. The molecule has 2 aromatic carbocycles. The predicted octanol–water partition coefficient (Wildman–Crippen LogP) is 5.48. The first-order valence-corrected chi connectivity index (χ1v) is 12.6. The van der Waals surface area contributed by atoms with E-state index in [2.05, 4.69) is 70.3 Å². The number of likely N-dealkylation sites (N-methyl/N-ethyl adjacent to an activating group) is 1. The molecule has 8 heteroatoms. The monoisotopic (exact) mass is 504 g/mol. The van der Waals surface area contributed by atoms with Crippen LogP contribution < -0.4 is 5.32 Å². The summed E-state index contributed by atoms with van der Waals surface area (Å²) in [6.45, 7) is 12.2. The van der Waals surface area contributed by atoms with Crippen molar-refractivity contribution in [3.05, 3.63) is 84.2 Å². The molecule has 2 aromatic heterocycles. The van der Waals surface area contributed by atoms with Crippen molar-refractivity contribution >= 4 is 0 Å². The van der Waals surface area contributed by atoms with Gasteiger partial charge >= 0.3 is 0 Å². The largest absolute Gasteiger partial charge is 0.331 e. The number of hydrogen-bond donors (Lipinski definition) is 1. The van der Waals surface area contributed by atoms with Crippen LogP contribution in [0.2, 0.25) is 0 Å². The van der Waals surface area contributed by atoms with Crippen molar-refractivity contribution in [2.45, 2.75) is 65.0 Å². The van der Waals surface area contributed by atoms with Crippen LogP contribution in [-0.2, 0) is 26.2 Å². The zero-order valence-electron chi connectivity index (χ0n) is 22.1. The molecule has 0 fully saturated rings. The lowest BCUT2D eigenvalue weighted by Gasteiger charge is -2.40.